The SMILES string of the molecule is CC(CNC(=O)c1ccc(Cl)nc1Cl)N1CCCCC1. The van der Waals surface area contributed by atoms with Crippen LogP contribution in [0.5, 0.6) is 0 Å². The van der Waals surface area contributed by atoms with Crippen molar-refractivity contribution >= 4 is 29.1 Å². The molecule has 0 saturated carbocycles. The van der Waals surface area contributed by atoms with E-state index in [1.165, 1.54) is 19.3 Å². The Labute approximate surface area is 129 Å². The van der Waals surface area contributed by atoms with Crippen molar-refractivity contribution in [1.82, 2.24) is 15.2 Å². The summed E-state index contributed by atoms with van der Waals surface area (Å²) in [5.41, 5.74) is 0.363. The van der Waals surface area contributed by atoms with E-state index in [-0.39, 0.29) is 16.2 Å². The van der Waals surface area contributed by atoms with E-state index in [9.17, 15) is 4.79 Å². The van der Waals surface area contributed by atoms with Gasteiger partial charge < -0.3 is 5.32 Å². The van der Waals surface area contributed by atoms with Crippen LogP contribution in [0, 0.1) is 0 Å². The number of hydrogen-bond acceptors (Lipinski definition) is 3. The zero-order valence-corrected chi connectivity index (χ0v) is 13.0. The second kappa shape index (κ2) is 7.25. The van der Waals surface area contributed by atoms with E-state index in [4.69, 9.17) is 23.2 Å². The summed E-state index contributed by atoms with van der Waals surface area (Å²) in [4.78, 5) is 18.3. The lowest BCUT2D eigenvalue weighted by molar-refractivity contribution is 0.0930. The fourth-order valence-electron chi connectivity index (χ4n) is 2.41. The topological polar surface area (TPSA) is 45.2 Å². The maximum absolute atomic E-state index is 12.1. The Balaban J connectivity index is 1.88. The van der Waals surface area contributed by atoms with Crippen LogP contribution in [0.4, 0.5) is 0 Å². The molecular formula is C14H19Cl2N3O. The molecule has 4 nitrogen and oxygen atoms in total. The van der Waals surface area contributed by atoms with Crippen molar-refractivity contribution in [2.24, 2.45) is 0 Å². The molecule has 0 aromatic carbocycles. The summed E-state index contributed by atoms with van der Waals surface area (Å²) >= 11 is 11.6. The lowest BCUT2D eigenvalue weighted by Gasteiger charge is -2.32. The summed E-state index contributed by atoms with van der Waals surface area (Å²) in [5, 5.41) is 3.33. The monoisotopic (exact) mass is 315 g/mol. The standard InChI is InChI=1S/C14H19Cl2N3O/c1-10(19-7-3-2-4-8-19)9-17-14(20)11-5-6-12(15)18-13(11)16/h5-6,10H,2-4,7-9H2,1H3,(H,17,20). The minimum atomic E-state index is -0.206. The first-order valence-electron chi connectivity index (χ1n) is 6.92. The Hall–Kier alpha value is -0.840. The molecule has 0 bridgehead atoms. The molecule has 1 atom stereocenters. The highest BCUT2D eigenvalue weighted by atomic mass is 35.5. The number of nitrogens with one attached hydrogen (secondary N) is 1. The van der Waals surface area contributed by atoms with Crippen molar-refractivity contribution < 1.29 is 4.79 Å². The molecule has 1 amide bonds. The number of amides is 1. The van der Waals surface area contributed by atoms with E-state index in [2.05, 4.69) is 22.1 Å². The van der Waals surface area contributed by atoms with E-state index in [0.29, 0.717) is 18.2 Å². The molecule has 1 aromatic heterocycles. The highest BCUT2D eigenvalue weighted by molar-refractivity contribution is 6.34. The van der Waals surface area contributed by atoms with Crippen molar-refractivity contribution in [3.05, 3.63) is 28.0 Å². The molecule has 1 N–H and O–H groups in total. The predicted octanol–water partition coefficient (Wildman–Crippen LogP) is 2.99. The minimum absolute atomic E-state index is 0.139. The highest BCUT2D eigenvalue weighted by Crippen LogP contribution is 2.16. The van der Waals surface area contributed by atoms with Crippen LogP contribution < -0.4 is 5.32 Å². The fourth-order valence-corrected chi connectivity index (χ4v) is 2.84. The van der Waals surface area contributed by atoms with Gasteiger partial charge >= 0.3 is 0 Å². The number of rotatable bonds is 4. The van der Waals surface area contributed by atoms with Crippen molar-refractivity contribution in [3.8, 4) is 0 Å². The van der Waals surface area contributed by atoms with Gasteiger partial charge in [0.1, 0.15) is 10.3 Å². The van der Waals surface area contributed by atoms with Crippen molar-refractivity contribution in [2.75, 3.05) is 19.6 Å². The number of carbonyl (C=O) groups excluding carboxylic acids is 1. The molecule has 2 rings (SSSR count). The molecular weight excluding hydrogens is 297 g/mol. The number of carbonyl (C=O) groups is 1. The Morgan fingerprint density at radius 3 is 2.70 bits per heavy atom. The number of pyridine rings is 1. The van der Waals surface area contributed by atoms with Gasteiger partial charge in [0.2, 0.25) is 0 Å². The van der Waals surface area contributed by atoms with Crippen LogP contribution >= 0.6 is 23.2 Å². The number of halogens is 2. The third-order valence-corrected chi connectivity index (χ3v) is 4.13. The smallest absolute Gasteiger partial charge is 0.254 e. The van der Waals surface area contributed by atoms with Gasteiger partial charge in [-0.3, -0.25) is 9.69 Å². The lowest BCUT2D eigenvalue weighted by atomic mass is 10.1. The van der Waals surface area contributed by atoms with Gasteiger partial charge in [-0.2, -0.15) is 0 Å². The predicted molar refractivity (Wildman–Crippen MR) is 81.5 cm³/mol. The average Bonchev–Trinajstić information content (AvgIpc) is 2.45. The van der Waals surface area contributed by atoms with Gasteiger partial charge in [0.05, 0.1) is 5.56 Å². The zero-order valence-electron chi connectivity index (χ0n) is 11.5. The van der Waals surface area contributed by atoms with Gasteiger partial charge in [-0.05, 0) is 45.0 Å². The zero-order chi connectivity index (χ0) is 14.5. The van der Waals surface area contributed by atoms with Crippen LogP contribution in [0.25, 0.3) is 0 Å². The van der Waals surface area contributed by atoms with Gasteiger partial charge in [-0.25, -0.2) is 4.98 Å². The number of aromatic nitrogens is 1. The normalized spacial score (nSPS) is 17.8. The fraction of sp³-hybridized carbons (Fsp3) is 0.571. The molecule has 6 heteroatoms. The Morgan fingerprint density at radius 2 is 2.05 bits per heavy atom. The number of nitrogens with zero attached hydrogens (tertiary/aromatic N) is 2. The average molecular weight is 316 g/mol. The van der Waals surface area contributed by atoms with Crippen LogP contribution in [-0.2, 0) is 0 Å². The van der Waals surface area contributed by atoms with Gasteiger partial charge in [0, 0.05) is 12.6 Å². The molecule has 0 aliphatic carbocycles. The van der Waals surface area contributed by atoms with Gasteiger partial charge in [-0.1, -0.05) is 29.6 Å². The van der Waals surface area contributed by atoms with Crippen molar-refractivity contribution in [2.45, 2.75) is 32.2 Å². The van der Waals surface area contributed by atoms with Crippen LogP contribution in [0.3, 0.4) is 0 Å². The number of likely N-dealkylation sites (tertiary alicyclic amines) is 1. The maximum atomic E-state index is 12.1. The summed E-state index contributed by atoms with van der Waals surface area (Å²) < 4.78 is 0. The number of hydrogen-bond donors (Lipinski definition) is 1. The Kier molecular flexibility index (Phi) is 5.64. The summed E-state index contributed by atoms with van der Waals surface area (Å²) in [6.45, 7) is 4.96. The molecule has 1 unspecified atom stereocenters. The molecule has 1 aliphatic heterocycles. The molecule has 0 spiro atoms. The molecule has 110 valence electrons. The molecule has 1 aromatic rings. The molecule has 1 fully saturated rings. The van der Waals surface area contributed by atoms with Gasteiger partial charge in [-0.15, -0.1) is 0 Å². The van der Waals surface area contributed by atoms with Crippen LogP contribution in [-0.4, -0.2) is 41.5 Å². The lowest BCUT2D eigenvalue weighted by Crippen LogP contribution is -2.44. The second-order valence-corrected chi connectivity index (χ2v) is 5.87. The Morgan fingerprint density at radius 1 is 1.35 bits per heavy atom. The first kappa shape index (κ1) is 15.5. The van der Waals surface area contributed by atoms with Gasteiger partial charge in [0.25, 0.3) is 5.91 Å². The molecule has 20 heavy (non-hydrogen) atoms. The quantitative estimate of drug-likeness (QED) is 0.869. The maximum Gasteiger partial charge on any atom is 0.254 e. The van der Waals surface area contributed by atoms with Crippen LogP contribution in [0.15, 0.2) is 12.1 Å². The van der Waals surface area contributed by atoms with E-state index in [1.54, 1.807) is 12.1 Å². The van der Waals surface area contributed by atoms with Crippen LogP contribution in [0.1, 0.15) is 36.5 Å². The van der Waals surface area contributed by atoms with E-state index in [0.717, 1.165) is 13.1 Å². The van der Waals surface area contributed by atoms with E-state index < -0.39 is 0 Å². The Bertz CT molecular complexity index is 475. The summed E-state index contributed by atoms with van der Waals surface area (Å²) in [7, 11) is 0. The van der Waals surface area contributed by atoms with E-state index >= 15 is 0 Å². The summed E-state index contributed by atoms with van der Waals surface area (Å²) in [5.74, 6) is -0.206. The number of piperidine rings is 1. The molecule has 1 aliphatic rings. The third kappa shape index (κ3) is 4.08. The van der Waals surface area contributed by atoms with Crippen molar-refractivity contribution in [1.29, 1.82) is 0 Å². The van der Waals surface area contributed by atoms with Crippen LogP contribution in [0.2, 0.25) is 10.3 Å². The first-order valence-corrected chi connectivity index (χ1v) is 7.68. The van der Waals surface area contributed by atoms with E-state index in [1.807, 2.05) is 0 Å². The van der Waals surface area contributed by atoms with Gasteiger partial charge in [0.15, 0.2) is 0 Å². The minimum Gasteiger partial charge on any atom is -0.350 e. The third-order valence-electron chi connectivity index (χ3n) is 3.63. The second-order valence-electron chi connectivity index (χ2n) is 5.13. The molecule has 1 saturated heterocycles. The molecule has 0 radical (unpaired) electrons. The summed E-state index contributed by atoms with van der Waals surface area (Å²) in [6, 6.07) is 3.49. The highest BCUT2D eigenvalue weighted by Gasteiger charge is 2.18. The largest absolute Gasteiger partial charge is 0.350 e. The van der Waals surface area contributed by atoms with Crippen molar-refractivity contribution in [3.63, 3.8) is 0 Å². The summed E-state index contributed by atoms with van der Waals surface area (Å²) in [6.07, 6.45) is 3.79. The molecule has 2 heterocycles. The first-order chi connectivity index (χ1) is 9.58.